The minimum Gasteiger partial charge on any atom is -0.330 e. The van der Waals surface area contributed by atoms with Gasteiger partial charge in [-0.15, -0.1) is 0 Å². The summed E-state index contributed by atoms with van der Waals surface area (Å²) < 4.78 is 0. The van der Waals surface area contributed by atoms with Gasteiger partial charge in [0.25, 0.3) is 0 Å². The lowest BCUT2D eigenvalue weighted by Gasteiger charge is -2.31. The van der Waals surface area contributed by atoms with Crippen LogP contribution in [0, 0.1) is 5.92 Å². The number of hydrogen-bond acceptors (Lipinski definition) is 2. The molecule has 1 saturated carbocycles. The number of nitrogens with one attached hydrogen (secondary N) is 1. The van der Waals surface area contributed by atoms with Crippen molar-refractivity contribution in [2.75, 3.05) is 6.54 Å². The highest BCUT2D eigenvalue weighted by Crippen LogP contribution is 2.24. The van der Waals surface area contributed by atoms with Crippen LogP contribution in [-0.4, -0.2) is 12.6 Å². The second-order valence-electron chi connectivity index (χ2n) is 4.90. The molecular formula is C14H21ClN2. The van der Waals surface area contributed by atoms with E-state index in [4.69, 9.17) is 17.3 Å². The predicted octanol–water partition coefficient (Wildman–Crippen LogP) is 2.95. The molecule has 1 aromatic carbocycles. The first-order chi connectivity index (χ1) is 8.29. The van der Waals surface area contributed by atoms with Gasteiger partial charge in [0.15, 0.2) is 0 Å². The van der Waals surface area contributed by atoms with Crippen molar-refractivity contribution in [3.8, 4) is 0 Å². The van der Waals surface area contributed by atoms with Gasteiger partial charge in [-0.05, 0) is 43.0 Å². The maximum Gasteiger partial charge on any atom is 0.0409 e. The number of hydrogen-bond donors (Lipinski definition) is 2. The summed E-state index contributed by atoms with van der Waals surface area (Å²) in [5.41, 5.74) is 7.07. The Hall–Kier alpha value is -0.570. The quantitative estimate of drug-likeness (QED) is 0.865. The summed E-state index contributed by atoms with van der Waals surface area (Å²) in [4.78, 5) is 0. The molecule has 1 aliphatic carbocycles. The van der Waals surface area contributed by atoms with Crippen molar-refractivity contribution in [1.82, 2.24) is 5.32 Å². The molecule has 0 amide bonds. The maximum atomic E-state index is 5.97. The zero-order valence-electron chi connectivity index (χ0n) is 10.2. The first kappa shape index (κ1) is 12.9. The van der Waals surface area contributed by atoms with Crippen LogP contribution in [-0.2, 0) is 6.54 Å². The van der Waals surface area contributed by atoms with E-state index in [1.54, 1.807) is 0 Å². The Morgan fingerprint density at radius 2 is 2.12 bits per heavy atom. The minimum atomic E-state index is 0.577. The fourth-order valence-electron chi connectivity index (χ4n) is 2.65. The molecule has 1 aromatic rings. The van der Waals surface area contributed by atoms with Crippen molar-refractivity contribution in [2.24, 2.45) is 11.7 Å². The molecule has 3 heteroatoms. The van der Waals surface area contributed by atoms with Gasteiger partial charge in [-0.3, -0.25) is 0 Å². The first-order valence-corrected chi connectivity index (χ1v) is 6.85. The average Bonchev–Trinajstić information content (AvgIpc) is 2.37. The normalized spacial score (nSPS) is 24.8. The average molecular weight is 253 g/mol. The van der Waals surface area contributed by atoms with Crippen LogP contribution in [0.1, 0.15) is 31.2 Å². The van der Waals surface area contributed by atoms with E-state index in [9.17, 15) is 0 Å². The molecule has 94 valence electrons. The molecule has 0 saturated heterocycles. The summed E-state index contributed by atoms with van der Waals surface area (Å²) in [6.45, 7) is 1.69. The molecule has 1 aliphatic rings. The highest BCUT2D eigenvalue weighted by atomic mass is 35.5. The zero-order valence-corrected chi connectivity index (χ0v) is 10.9. The van der Waals surface area contributed by atoms with Crippen LogP contribution in [0.25, 0.3) is 0 Å². The Labute approximate surface area is 109 Å². The van der Waals surface area contributed by atoms with Crippen LogP contribution >= 0.6 is 11.6 Å². The Balaban J connectivity index is 1.88. The van der Waals surface area contributed by atoms with E-state index in [1.807, 2.05) is 18.2 Å². The zero-order chi connectivity index (χ0) is 12.1. The van der Waals surface area contributed by atoms with Gasteiger partial charge in [-0.1, -0.05) is 36.6 Å². The summed E-state index contributed by atoms with van der Waals surface area (Å²) in [6, 6.07) is 8.62. The molecule has 3 N–H and O–H groups in total. The molecule has 0 aliphatic heterocycles. The Kier molecular flexibility index (Phi) is 4.84. The highest BCUT2D eigenvalue weighted by molar-refractivity contribution is 6.30. The van der Waals surface area contributed by atoms with Crippen molar-refractivity contribution < 1.29 is 0 Å². The summed E-state index contributed by atoms with van der Waals surface area (Å²) >= 11 is 5.97. The van der Waals surface area contributed by atoms with Crippen molar-refractivity contribution in [3.05, 3.63) is 34.9 Å². The Morgan fingerprint density at radius 1 is 1.29 bits per heavy atom. The molecule has 0 spiro atoms. The van der Waals surface area contributed by atoms with E-state index < -0.39 is 0 Å². The number of rotatable bonds is 4. The molecular weight excluding hydrogens is 232 g/mol. The topological polar surface area (TPSA) is 38.0 Å². The maximum absolute atomic E-state index is 5.97. The summed E-state index contributed by atoms with van der Waals surface area (Å²) in [5, 5.41) is 4.44. The third-order valence-electron chi connectivity index (χ3n) is 3.67. The van der Waals surface area contributed by atoms with Crippen molar-refractivity contribution in [1.29, 1.82) is 0 Å². The fourth-order valence-corrected chi connectivity index (χ4v) is 2.87. The van der Waals surface area contributed by atoms with E-state index in [2.05, 4.69) is 11.4 Å². The molecule has 0 aromatic heterocycles. The molecule has 17 heavy (non-hydrogen) atoms. The highest BCUT2D eigenvalue weighted by Gasteiger charge is 2.23. The molecule has 1 fully saturated rings. The second kappa shape index (κ2) is 6.39. The first-order valence-electron chi connectivity index (χ1n) is 6.47. The van der Waals surface area contributed by atoms with Gasteiger partial charge >= 0.3 is 0 Å². The van der Waals surface area contributed by atoms with Crippen molar-refractivity contribution in [2.45, 2.75) is 38.3 Å². The van der Waals surface area contributed by atoms with Gasteiger partial charge in [-0.2, -0.15) is 0 Å². The van der Waals surface area contributed by atoms with Gasteiger partial charge in [0.2, 0.25) is 0 Å². The third kappa shape index (κ3) is 3.70. The van der Waals surface area contributed by atoms with Gasteiger partial charge in [0.05, 0.1) is 0 Å². The predicted molar refractivity (Wildman–Crippen MR) is 73.1 cm³/mol. The lowest BCUT2D eigenvalue weighted by atomic mass is 9.84. The van der Waals surface area contributed by atoms with E-state index in [0.717, 1.165) is 18.1 Å². The van der Waals surface area contributed by atoms with Gasteiger partial charge in [0, 0.05) is 17.6 Å². The number of benzene rings is 1. The van der Waals surface area contributed by atoms with Crippen LogP contribution in [0.3, 0.4) is 0 Å². The molecule has 2 rings (SSSR count). The van der Waals surface area contributed by atoms with Gasteiger partial charge in [0.1, 0.15) is 0 Å². The van der Waals surface area contributed by atoms with Gasteiger partial charge in [-0.25, -0.2) is 0 Å². The molecule has 2 nitrogen and oxygen atoms in total. The SMILES string of the molecule is NCC1CCCCC1NCc1cccc(Cl)c1. The lowest BCUT2D eigenvalue weighted by molar-refractivity contribution is 0.267. The Bertz CT molecular complexity index is 354. The number of halogens is 1. The second-order valence-corrected chi connectivity index (χ2v) is 5.33. The van der Waals surface area contributed by atoms with E-state index in [-0.39, 0.29) is 0 Å². The monoisotopic (exact) mass is 252 g/mol. The summed E-state index contributed by atoms with van der Waals surface area (Å²) in [6.07, 6.45) is 5.17. The van der Waals surface area contributed by atoms with Crippen molar-refractivity contribution >= 4 is 11.6 Å². The van der Waals surface area contributed by atoms with Crippen LogP contribution in [0.5, 0.6) is 0 Å². The van der Waals surface area contributed by atoms with Crippen LogP contribution in [0.2, 0.25) is 5.02 Å². The van der Waals surface area contributed by atoms with Crippen LogP contribution in [0.4, 0.5) is 0 Å². The Morgan fingerprint density at radius 3 is 2.88 bits per heavy atom. The molecule has 0 bridgehead atoms. The summed E-state index contributed by atoms with van der Waals surface area (Å²) in [5.74, 6) is 0.642. The van der Waals surface area contributed by atoms with Gasteiger partial charge < -0.3 is 11.1 Å². The molecule has 0 heterocycles. The van der Waals surface area contributed by atoms with Crippen LogP contribution < -0.4 is 11.1 Å². The smallest absolute Gasteiger partial charge is 0.0409 e. The van der Waals surface area contributed by atoms with E-state index >= 15 is 0 Å². The summed E-state index contributed by atoms with van der Waals surface area (Å²) in [7, 11) is 0. The molecule has 0 radical (unpaired) electrons. The standard InChI is InChI=1S/C14H21ClN2/c15-13-6-3-4-11(8-13)10-17-14-7-2-1-5-12(14)9-16/h3-4,6,8,12,14,17H,1-2,5,7,9-10,16H2. The fraction of sp³-hybridized carbons (Fsp3) is 0.571. The number of nitrogens with two attached hydrogens (primary N) is 1. The molecule has 2 atom stereocenters. The van der Waals surface area contributed by atoms with Crippen molar-refractivity contribution in [3.63, 3.8) is 0 Å². The van der Waals surface area contributed by atoms with E-state index in [0.29, 0.717) is 12.0 Å². The minimum absolute atomic E-state index is 0.577. The van der Waals surface area contributed by atoms with E-state index in [1.165, 1.54) is 31.2 Å². The molecule has 2 unspecified atom stereocenters. The lowest BCUT2D eigenvalue weighted by Crippen LogP contribution is -2.41. The third-order valence-corrected chi connectivity index (χ3v) is 3.90. The largest absolute Gasteiger partial charge is 0.330 e. The van der Waals surface area contributed by atoms with Crippen LogP contribution in [0.15, 0.2) is 24.3 Å².